The van der Waals surface area contributed by atoms with Gasteiger partial charge in [0.25, 0.3) is 0 Å². The number of nitrogens with one attached hydrogen (secondary N) is 1. The van der Waals surface area contributed by atoms with Crippen LogP contribution in [0.5, 0.6) is 5.75 Å². The van der Waals surface area contributed by atoms with E-state index >= 15 is 0 Å². The van der Waals surface area contributed by atoms with Gasteiger partial charge in [0.05, 0.1) is 13.2 Å². The first-order valence-electron chi connectivity index (χ1n) is 7.74. The van der Waals surface area contributed by atoms with E-state index in [9.17, 15) is 5.11 Å². The first-order valence-corrected chi connectivity index (χ1v) is 7.74. The first kappa shape index (κ1) is 15.3. The van der Waals surface area contributed by atoms with Crippen LogP contribution in [0.3, 0.4) is 0 Å². The van der Waals surface area contributed by atoms with Crippen molar-refractivity contribution in [3.8, 4) is 5.75 Å². The van der Waals surface area contributed by atoms with E-state index in [0.717, 1.165) is 12.2 Å². The summed E-state index contributed by atoms with van der Waals surface area (Å²) in [5.41, 5.74) is 1.21. The molecule has 0 radical (unpaired) electrons. The first-order chi connectivity index (χ1) is 9.70. The maximum absolute atomic E-state index is 10.2. The molecule has 0 aromatic heterocycles. The third-order valence-corrected chi connectivity index (χ3v) is 4.34. The quantitative estimate of drug-likeness (QED) is 0.805. The van der Waals surface area contributed by atoms with Gasteiger partial charge in [0.15, 0.2) is 0 Å². The molecule has 2 atom stereocenters. The Kier molecular flexibility index (Phi) is 5.86. The standard InChI is InChI=1S/C17H27NO2/c1-13(11-15-9-5-6-10-17(15)20-2)18-12-16(19)14-7-3-4-8-14/h5-6,9-10,13-14,16,18-19H,3-4,7-8,11-12H2,1-2H3. The van der Waals surface area contributed by atoms with Crippen molar-refractivity contribution in [3.63, 3.8) is 0 Å². The van der Waals surface area contributed by atoms with Crippen LogP contribution in [-0.4, -0.2) is 30.9 Å². The molecule has 0 heterocycles. The van der Waals surface area contributed by atoms with Gasteiger partial charge in [-0.05, 0) is 43.7 Å². The van der Waals surface area contributed by atoms with Crippen molar-refractivity contribution in [1.29, 1.82) is 0 Å². The molecule has 0 spiro atoms. The zero-order valence-electron chi connectivity index (χ0n) is 12.6. The maximum atomic E-state index is 10.2. The lowest BCUT2D eigenvalue weighted by atomic mass is 10.00. The largest absolute Gasteiger partial charge is 0.496 e. The van der Waals surface area contributed by atoms with Gasteiger partial charge in [-0.25, -0.2) is 0 Å². The molecule has 1 aliphatic rings. The fraction of sp³-hybridized carbons (Fsp3) is 0.647. The summed E-state index contributed by atoms with van der Waals surface area (Å²) in [6.07, 6.45) is 5.64. The highest BCUT2D eigenvalue weighted by Crippen LogP contribution is 2.27. The van der Waals surface area contributed by atoms with E-state index in [1.54, 1.807) is 7.11 Å². The third-order valence-electron chi connectivity index (χ3n) is 4.34. The Morgan fingerprint density at radius 2 is 2.00 bits per heavy atom. The Bertz CT molecular complexity index is 402. The smallest absolute Gasteiger partial charge is 0.122 e. The number of aliphatic hydroxyl groups excluding tert-OH is 1. The van der Waals surface area contributed by atoms with Gasteiger partial charge in [0, 0.05) is 12.6 Å². The predicted molar refractivity (Wildman–Crippen MR) is 82.1 cm³/mol. The average molecular weight is 277 g/mol. The molecule has 3 heteroatoms. The summed E-state index contributed by atoms with van der Waals surface area (Å²) in [5.74, 6) is 1.44. The van der Waals surface area contributed by atoms with E-state index in [1.807, 2.05) is 18.2 Å². The number of aliphatic hydroxyl groups is 1. The molecular formula is C17H27NO2. The van der Waals surface area contributed by atoms with Crippen LogP contribution in [0.4, 0.5) is 0 Å². The molecule has 2 rings (SSSR count). The number of hydrogen-bond acceptors (Lipinski definition) is 3. The van der Waals surface area contributed by atoms with E-state index in [-0.39, 0.29) is 6.10 Å². The van der Waals surface area contributed by atoms with Crippen LogP contribution in [-0.2, 0) is 6.42 Å². The summed E-state index contributed by atoms with van der Waals surface area (Å²) in [5, 5.41) is 13.6. The summed E-state index contributed by atoms with van der Waals surface area (Å²) in [6, 6.07) is 8.46. The predicted octanol–water partition coefficient (Wildman–Crippen LogP) is 2.77. The summed E-state index contributed by atoms with van der Waals surface area (Å²) < 4.78 is 5.38. The van der Waals surface area contributed by atoms with Crippen LogP contribution in [0.2, 0.25) is 0 Å². The third kappa shape index (κ3) is 4.22. The van der Waals surface area contributed by atoms with Gasteiger partial charge in [0.2, 0.25) is 0 Å². The lowest BCUT2D eigenvalue weighted by Gasteiger charge is -2.21. The zero-order valence-corrected chi connectivity index (χ0v) is 12.6. The highest BCUT2D eigenvalue weighted by atomic mass is 16.5. The van der Waals surface area contributed by atoms with Crippen LogP contribution in [0.1, 0.15) is 38.2 Å². The van der Waals surface area contributed by atoms with E-state index in [0.29, 0.717) is 18.5 Å². The Hall–Kier alpha value is -1.06. The monoisotopic (exact) mass is 277 g/mol. The highest BCUT2D eigenvalue weighted by molar-refractivity contribution is 5.33. The van der Waals surface area contributed by atoms with E-state index in [4.69, 9.17) is 4.74 Å². The van der Waals surface area contributed by atoms with Gasteiger partial charge in [-0.2, -0.15) is 0 Å². The topological polar surface area (TPSA) is 41.5 Å². The fourth-order valence-electron chi connectivity index (χ4n) is 3.10. The minimum Gasteiger partial charge on any atom is -0.496 e. The van der Waals surface area contributed by atoms with Crippen molar-refractivity contribution in [3.05, 3.63) is 29.8 Å². The summed E-state index contributed by atoms with van der Waals surface area (Å²) in [7, 11) is 1.71. The molecule has 3 nitrogen and oxygen atoms in total. The van der Waals surface area contributed by atoms with Gasteiger partial charge in [0.1, 0.15) is 5.75 Å². The zero-order chi connectivity index (χ0) is 14.4. The molecule has 112 valence electrons. The minimum atomic E-state index is -0.197. The van der Waals surface area contributed by atoms with Gasteiger partial charge in [-0.3, -0.25) is 0 Å². The van der Waals surface area contributed by atoms with Gasteiger partial charge in [-0.15, -0.1) is 0 Å². The molecule has 0 aliphatic heterocycles. The molecule has 1 aromatic carbocycles. The lowest BCUT2D eigenvalue weighted by Crippen LogP contribution is -2.37. The fourth-order valence-corrected chi connectivity index (χ4v) is 3.10. The number of para-hydroxylation sites is 1. The molecule has 1 saturated carbocycles. The van der Waals surface area contributed by atoms with Crippen molar-refractivity contribution in [1.82, 2.24) is 5.32 Å². The van der Waals surface area contributed by atoms with Crippen molar-refractivity contribution < 1.29 is 9.84 Å². The van der Waals surface area contributed by atoms with Crippen LogP contribution in [0.15, 0.2) is 24.3 Å². The summed E-state index contributed by atoms with van der Waals surface area (Å²) in [6.45, 7) is 2.86. The number of benzene rings is 1. The normalized spacial score (nSPS) is 18.9. The van der Waals surface area contributed by atoms with Gasteiger partial charge < -0.3 is 15.2 Å². The van der Waals surface area contributed by atoms with E-state index in [2.05, 4.69) is 18.3 Å². The molecule has 1 aromatic rings. The maximum Gasteiger partial charge on any atom is 0.122 e. The average Bonchev–Trinajstić information content (AvgIpc) is 2.99. The van der Waals surface area contributed by atoms with Crippen molar-refractivity contribution in [2.24, 2.45) is 5.92 Å². The number of methoxy groups -OCH3 is 1. The number of rotatable bonds is 7. The van der Waals surface area contributed by atoms with Crippen molar-refractivity contribution >= 4 is 0 Å². The van der Waals surface area contributed by atoms with E-state index in [1.165, 1.54) is 31.2 Å². The Morgan fingerprint density at radius 3 is 2.70 bits per heavy atom. The highest BCUT2D eigenvalue weighted by Gasteiger charge is 2.23. The van der Waals surface area contributed by atoms with Crippen LogP contribution in [0, 0.1) is 5.92 Å². The van der Waals surface area contributed by atoms with E-state index < -0.39 is 0 Å². The van der Waals surface area contributed by atoms with Crippen molar-refractivity contribution in [2.75, 3.05) is 13.7 Å². The molecule has 20 heavy (non-hydrogen) atoms. The molecular weight excluding hydrogens is 250 g/mol. The van der Waals surface area contributed by atoms with Gasteiger partial charge >= 0.3 is 0 Å². The van der Waals surface area contributed by atoms with Crippen LogP contribution in [0.25, 0.3) is 0 Å². The molecule has 1 aliphatic carbocycles. The molecule has 0 bridgehead atoms. The van der Waals surface area contributed by atoms with Gasteiger partial charge in [-0.1, -0.05) is 31.0 Å². The molecule has 0 amide bonds. The van der Waals surface area contributed by atoms with Crippen molar-refractivity contribution in [2.45, 2.75) is 51.2 Å². The Labute approximate surface area is 122 Å². The Balaban J connectivity index is 1.78. The Morgan fingerprint density at radius 1 is 1.30 bits per heavy atom. The molecule has 2 unspecified atom stereocenters. The molecule has 2 N–H and O–H groups in total. The summed E-state index contributed by atoms with van der Waals surface area (Å²) in [4.78, 5) is 0. The second kappa shape index (κ2) is 7.65. The summed E-state index contributed by atoms with van der Waals surface area (Å²) >= 11 is 0. The second-order valence-electron chi connectivity index (χ2n) is 5.94. The van der Waals surface area contributed by atoms with Crippen LogP contribution >= 0.6 is 0 Å². The lowest BCUT2D eigenvalue weighted by molar-refractivity contribution is 0.106. The second-order valence-corrected chi connectivity index (χ2v) is 5.94. The number of hydrogen-bond donors (Lipinski definition) is 2. The SMILES string of the molecule is COc1ccccc1CC(C)NCC(O)C1CCCC1. The molecule has 0 saturated heterocycles. The molecule has 1 fully saturated rings. The minimum absolute atomic E-state index is 0.197. The number of ether oxygens (including phenoxy) is 1. The van der Waals surface area contributed by atoms with Crippen LogP contribution < -0.4 is 10.1 Å².